The molecule has 0 saturated carbocycles. The second-order valence-electron chi connectivity index (χ2n) is 4.21. The monoisotopic (exact) mass is 238 g/mol. The van der Waals surface area contributed by atoms with Crippen molar-refractivity contribution in [1.82, 2.24) is 0 Å². The third-order valence-corrected chi connectivity index (χ3v) is 2.81. The number of hydrogen-bond acceptors (Lipinski definition) is 1. The van der Waals surface area contributed by atoms with Crippen molar-refractivity contribution in [2.24, 2.45) is 0 Å². The number of benzene rings is 2. The standard InChI is InChI=1S/C14H14O2.Na.H/c1-9(2)10-7-8-13(14(15)16)12-6-4-3-5-11(10)12;;/h3-9H,1-2H3,(H,15,16);;. The first-order chi connectivity index (χ1) is 7.61. The summed E-state index contributed by atoms with van der Waals surface area (Å²) >= 11 is 0. The minimum atomic E-state index is -0.869. The fraction of sp³-hybridized carbons (Fsp3) is 0.214. The van der Waals surface area contributed by atoms with E-state index < -0.39 is 5.97 Å². The normalized spacial score (nSPS) is 10.3. The van der Waals surface area contributed by atoms with Crippen molar-refractivity contribution in [3.63, 3.8) is 0 Å². The van der Waals surface area contributed by atoms with Crippen LogP contribution in [-0.4, -0.2) is 40.6 Å². The van der Waals surface area contributed by atoms with Gasteiger partial charge in [0.05, 0.1) is 5.56 Å². The first-order valence-corrected chi connectivity index (χ1v) is 5.36. The molecule has 84 valence electrons. The van der Waals surface area contributed by atoms with E-state index in [0.717, 1.165) is 10.8 Å². The van der Waals surface area contributed by atoms with Crippen LogP contribution in [0.25, 0.3) is 10.8 Å². The SMILES string of the molecule is CC(C)c1ccc(C(=O)O)c2ccccc12.[NaH]. The predicted octanol–water partition coefficient (Wildman–Crippen LogP) is 3.01. The Morgan fingerprint density at radius 2 is 1.65 bits per heavy atom. The van der Waals surface area contributed by atoms with Gasteiger partial charge < -0.3 is 5.11 Å². The molecule has 2 aromatic carbocycles. The van der Waals surface area contributed by atoms with Crippen LogP contribution in [0.3, 0.4) is 0 Å². The molecule has 0 aliphatic heterocycles. The number of hydrogen-bond donors (Lipinski definition) is 1. The average Bonchev–Trinajstić information content (AvgIpc) is 2.27. The van der Waals surface area contributed by atoms with Crippen molar-refractivity contribution < 1.29 is 9.90 Å². The van der Waals surface area contributed by atoms with Crippen LogP contribution in [0.2, 0.25) is 0 Å². The van der Waals surface area contributed by atoms with Gasteiger partial charge in [0.15, 0.2) is 0 Å². The Balaban J connectivity index is 0.00000144. The molecule has 0 atom stereocenters. The van der Waals surface area contributed by atoms with Crippen LogP contribution in [0.5, 0.6) is 0 Å². The summed E-state index contributed by atoms with van der Waals surface area (Å²) in [7, 11) is 0. The molecule has 2 rings (SSSR count). The van der Waals surface area contributed by atoms with Crippen LogP contribution >= 0.6 is 0 Å². The summed E-state index contributed by atoms with van der Waals surface area (Å²) < 4.78 is 0. The first kappa shape index (κ1) is 14.2. The molecule has 0 unspecified atom stereocenters. The Kier molecular flexibility index (Phi) is 4.75. The Labute approximate surface area is 123 Å². The summed E-state index contributed by atoms with van der Waals surface area (Å²) in [6.45, 7) is 4.23. The quantitative estimate of drug-likeness (QED) is 0.816. The van der Waals surface area contributed by atoms with Gasteiger partial charge >= 0.3 is 35.5 Å². The summed E-state index contributed by atoms with van der Waals surface area (Å²) in [4.78, 5) is 11.1. The Hall–Kier alpha value is -0.830. The summed E-state index contributed by atoms with van der Waals surface area (Å²) in [5, 5.41) is 11.0. The van der Waals surface area contributed by atoms with E-state index in [1.807, 2.05) is 30.3 Å². The molecule has 0 radical (unpaired) electrons. The molecule has 0 bridgehead atoms. The van der Waals surface area contributed by atoms with Gasteiger partial charge in [-0.2, -0.15) is 0 Å². The fourth-order valence-electron chi connectivity index (χ4n) is 2.01. The van der Waals surface area contributed by atoms with Crippen LogP contribution in [0.15, 0.2) is 36.4 Å². The van der Waals surface area contributed by atoms with E-state index in [2.05, 4.69) is 13.8 Å². The van der Waals surface area contributed by atoms with Gasteiger partial charge in [-0.15, -0.1) is 0 Å². The number of carboxylic acid groups (broad SMARTS) is 1. The second-order valence-corrected chi connectivity index (χ2v) is 4.21. The van der Waals surface area contributed by atoms with Gasteiger partial charge in [-0.3, -0.25) is 0 Å². The van der Waals surface area contributed by atoms with Crippen molar-refractivity contribution in [3.8, 4) is 0 Å². The van der Waals surface area contributed by atoms with Crippen molar-refractivity contribution in [3.05, 3.63) is 47.5 Å². The summed E-state index contributed by atoms with van der Waals surface area (Å²) in [5.74, 6) is -0.473. The average molecular weight is 238 g/mol. The molecule has 2 nitrogen and oxygen atoms in total. The number of aromatic carboxylic acids is 1. The third-order valence-electron chi connectivity index (χ3n) is 2.81. The van der Waals surface area contributed by atoms with Crippen LogP contribution < -0.4 is 0 Å². The van der Waals surface area contributed by atoms with Gasteiger partial charge in [0, 0.05) is 0 Å². The Morgan fingerprint density at radius 1 is 1.06 bits per heavy atom. The van der Waals surface area contributed by atoms with Gasteiger partial charge in [-0.1, -0.05) is 44.2 Å². The van der Waals surface area contributed by atoms with E-state index in [4.69, 9.17) is 5.11 Å². The molecule has 0 fully saturated rings. The van der Waals surface area contributed by atoms with Crippen molar-refractivity contribution in [2.45, 2.75) is 19.8 Å². The second kappa shape index (κ2) is 5.67. The number of carboxylic acids is 1. The van der Waals surface area contributed by atoms with E-state index in [9.17, 15) is 4.79 Å². The predicted molar refractivity (Wildman–Crippen MR) is 72.1 cm³/mol. The minimum absolute atomic E-state index is 0. The zero-order valence-corrected chi connectivity index (χ0v) is 9.40. The van der Waals surface area contributed by atoms with Gasteiger partial charge in [0.25, 0.3) is 0 Å². The summed E-state index contributed by atoms with van der Waals surface area (Å²) in [5.41, 5.74) is 1.57. The van der Waals surface area contributed by atoms with Crippen molar-refractivity contribution >= 4 is 46.3 Å². The van der Waals surface area contributed by atoms with Gasteiger partial charge in [-0.25, -0.2) is 4.79 Å². The Bertz CT molecular complexity index is 547. The van der Waals surface area contributed by atoms with Crippen LogP contribution in [-0.2, 0) is 0 Å². The molecule has 17 heavy (non-hydrogen) atoms. The fourth-order valence-corrected chi connectivity index (χ4v) is 2.01. The topological polar surface area (TPSA) is 37.3 Å². The number of fused-ring (bicyclic) bond motifs is 1. The summed E-state index contributed by atoms with van der Waals surface area (Å²) in [6.07, 6.45) is 0. The molecule has 0 heterocycles. The van der Waals surface area contributed by atoms with Crippen LogP contribution in [0, 0.1) is 0 Å². The van der Waals surface area contributed by atoms with E-state index in [1.165, 1.54) is 5.56 Å². The molecule has 1 N–H and O–H groups in total. The van der Waals surface area contributed by atoms with E-state index in [0.29, 0.717) is 11.5 Å². The third kappa shape index (κ3) is 2.71. The van der Waals surface area contributed by atoms with Gasteiger partial charge in [0.1, 0.15) is 0 Å². The molecule has 0 aliphatic rings. The molecule has 0 aliphatic carbocycles. The van der Waals surface area contributed by atoms with Crippen LogP contribution in [0.4, 0.5) is 0 Å². The number of rotatable bonds is 2. The Morgan fingerprint density at radius 3 is 2.18 bits per heavy atom. The van der Waals surface area contributed by atoms with Crippen molar-refractivity contribution in [1.29, 1.82) is 0 Å². The number of carbonyl (C=O) groups is 1. The maximum absolute atomic E-state index is 11.1. The van der Waals surface area contributed by atoms with E-state index in [-0.39, 0.29) is 29.6 Å². The molecule has 0 spiro atoms. The zero-order chi connectivity index (χ0) is 11.7. The molecule has 2 aromatic rings. The van der Waals surface area contributed by atoms with Crippen molar-refractivity contribution in [2.75, 3.05) is 0 Å². The molecule has 3 heteroatoms. The van der Waals surface area contributed by atoms with Gasteiger partial charge in [-0.05, 0) is 28.3 Å². The van der Waals surface area contributed by atoms with E-state index in [1.54, 1.807) is 6.07 Å². The van der Waals surface area contributed by atoms with Crippen LogP contribution in [0.1, 0.15) is 35.7 Å². The van der Waals surface area contributed by atoms with E-state index >= 15 is 0 Å². The molecular formula is C14H15NaO2. The molecule has 0 aromatic heterocycles. The maximum atomic E-state index is 11.1. The van der Waals surface area contributed by atoms with Gasteiger partial charge in [0.2, 0.25) is 0 Å². The summed E-state index contributed by atoms with van der Waals surface area (Å²) in [6, 6.07) is 11.3. The molecule has 0 amide bonds. The zero-order valence-electron chi connectivity index (χ0n) is 9.40. The first-order valence-electron chi connectivity index (χ1n) is 5.36. The molecule has 0 saturated heterocycles. The molecular weight excluding hydrogens is 223 g/mol.